The smallest absolute Gasteiger partial charge is 0.251 e. The van der Waals surface area contributed by atoms with E-state index in [1.165, 1.54) is 0 Å². The molecule has 23 heavy (non-hydrogen) atoms. The van der Waals surface area contributed by atoms with Crippen LogP contribution in [-0.4, -0.2) is 20.6 Å². The Hall–Kier alpha value is -2.34. The second-order valence-electron chi connectivity index (χ2n) is 5.51. The Kier molecular flexibility index (Phi) is 5.05. The highest BCUT2D eigenvalue weighted by molar-refractivity contribution is 7.92. The lowest BCUT2D eigenvalue weighted by Gasteiger charge is -2.15. The minimum Gasteiger partial charge on any atom is -0.346 e. The Morgan fingerprint density at radius 1 is 1.09 bits per heavy atom. The van der Waals surface area contributed by atoms with Gasteiger partial charge in [-0.1, -0.05) is 30.3 Å². The Labute approximate surface area is 136 Å². The van der Waals surface area contributed by atoms with Crippen molar-refractivity contribution in [1.82, 2.24) is 5.32 Å². The summed E-state index contributed by atoms with van der Waals surface area (Å²) in [4.78, 5) is 12.3. The molecular weight excluding hydrogens is 312 g/mol. The Morgan fingerprint density at radius 2 is 1.74 bits per heavy atom. The monoisotopic (exact) mass is 332 g/mol. The van der Waals surface area contributed by atoms with Crippen LogP contribution in [0, 0.1) is 6.92 Å². The fraction of sp³-hybridized carbons (Fsp3) is 0.235. The van der Waals surface area contributed by atoms with Gasteiger partial charge in [-0.15, -0.1) is 0 Å². The highest BCUT2D eigenvalue weighted by atomic mass is 32.2. The average molecular weight is 332 g/mol. The molecule has 2 N–H and O–H groups in total. The standard InChI is InChI=1S/C17H20N2O3S/c1-12-11-15(9-10-16(12)19-23(3,21)22)17(20)18-13(2)14-7-5-4-6-8-14/h4-11,13,19H,1-3H3,(H,18,20)/t13-/m0/s1. The van der Waals surface area contributed by atoms with Gasteiger partial charge in [0.05, 0.1) is 18.0 Å². The van der Waals surface area contributed by atoms with Crippen LogP contribution in [0.2, 0.25) is 0 Å². The number of sulfonamides is 1. The molecule has 2 rings (SSSR count). The molecule has 0 bridgehead atoms. The number of aryl methyl sites for hydroxylation is 1. The largest absolute Gasteiger partial charge is 0.346 e. The van der Waals surface area contributed by atoms with Gasteiger partial charge in [0.2, 0.25) is 10.0 Å². The molecule has 2 aromatic rings. The van der Waals surface area contributed by atoms with Gasteiger partial charge in [-0.25, -0.2) is 8.42 Å². The van der Waals surface area contributed by atoms with E-state index in [2.05, 4.69) is 10.0 Å². The average Bonchev–Trinajstić information content (AvgIpc) is 2.48. The molecule has 0 aliphatic carbocycles. The van der Waals surface area contributed by atoms with Gasteiger partial charge in [0.1, 0.15) is 0 Å². The third kappa shape index (κ3) is 4.82. The summed E-state index contributed by atoms with van der Waals surface area (Å²) in [6.45, 7) is 3.67. The van der Waals surface area contributed by atoms with Gasteiger partial charge in [0.25, 0.3) is 5.91 Å². The zero-order valence-corrected chi connectivity index (χ0v) is 14.1. The van der Waals surface area contributed by atoms with Gasteiger partial charge in [0, 0.05) is 5.56 Å². The van der Waals surface area contributed by atoms with Crippen LogP contribution in [0.1, 0.15) is 34.5 Å². The summed E-state index contributed by atoms with van der Waals surface area (Å²) < 4.78 is 25.0. The van der Waals surface area contributed by atoms with Crippen LogP contribution < -0.4 is 10.0 Å². The SMILES string of the molecule is Cc1cc(C(=O)N[C@@H](C)c2ccccc2)ccc1NS(C)(=O)=O. The van der Waals surface area contributed by atoms with E-state index >= 15 is 0 Å². The zero-order chi connectivity index (χ0) is 17.0. The van der Waals surface area contributed by atoms with Gasteiger partial charge in [-0.2, -0.15) is 0 Å². The first-order chi connectivity index (χ1) is 10.8. The van der Waals surface area contributed by atoms with Crippen molar-refractivity contribution in [2.45, 2.75) is 19.9 Å². The van der Waals surface area contributed by atoms with Crippen molar-refractivity contribution in [3.63, 3.8) is 0 Å². The maximum atomic E-state index is 12.3. The van der Waals surface area contributed by atoms with Crippen LogP contribution in [0.5, 0.6) is 0 Å². The van der Waals surface area contributed by atoms with E-state index in [0.29, 0.717) is 16.8 Å². The summed E-state index contributed by atoms with van der Waals surface area (Å²) in [7, 11) is -3.34. The van der Waals surface area contributed by atoms with Gasteiger partial charge >= 0.3 is 0 Å². The van der Waals surface area contributed by atoms with Crippen molar-refractivity contribution in [2.24, 2.45) is 0 Å². The molecule has 0 spiro atoms. The number of anilines is 1. The molecule has 1 atom stereocenters. The van der Waals surface area contributed by atoms with Crippen LogP contribution in [0.25, 0.3) is 0 Å². The van der Waals surface area contributed by atoms with Gasteiger partial charge in [0.15, 0.2) is 0 Å². The number of hydrogen-bond acceptors (Lipinski definition) is 3. The molecule has 1 amide bonds. The van der Waals surface area contributed by atoms with Crippen molar-refractivity contribution < 1.29 is 13.2 Å². The molecule has 0 aliphatic rings. The fourth-order valence-corrected chi connectivity index (χ4v) is 2.85. The second-order valence-corrected chi connectivity index (χ2v) is 7.26. The minimum atomic E-state index is -3.34. The van der Waals surface area contributed by atoms with E-state index in [0.717, 1.165) is 11.8 Å². The van der Waals surface area contributed by atoms with Crippen molar-refractivity contribution in [3.05, 3.63) is 65.2 Å². The van der Waals surface area contributed by atoms with Gasteiger partial charge < -0.3 is 5.32 Å². The van der Waals surface area contributed by atoms with Crippen LogP contribution in [0.3, 0.4) is 0 Å². The molecule has 0 aromatic heterocycles. The topological polar surface area (TPSA) is 75.3 Å². The van der Waals surface area contributed by atoms with Crippen molar-refractivity contribution in [2.75, 3.05) is 11.0 Å². The molecule has 5 nitrogen and oxygen atoms in total. The number of rotatable bonds is 5. The molecule has 0 fully saturated rings. The molecule has 0 saturated heterocycles. The molecule has 0 saturated carbocycles. The van der Waals surface area contributed by atoms with Crippen LogP contribution >= 0.6 is 0 Å². The van der Waals surface area contributed by atoms with E-state index in [1.54, 1.807) is 25.1 Å². The number of carbonyl (C=O) groups excluding carboxylic acids is 1. The number of benzene rings is 2. The first-order valence-corrected chi connectivity index (χ1v) is 9.09. The molecule has 2 aromatic carbocycles. The van der Waals surface area contributed by atoms with Crippen molar-refractivity contribution in [1.29, 1.82) is 0 Å². The summed E-state index contributed by atoms with van der Waals surface area (Å²) in [5.41, 5.74) is 2.67. The van der Waals surface area contributed by atoms with E-state index < -0.39 is 10.0 Å². The lowest BCUT2D eigenvalue weighted by Crippen LogP contribution is -2.26. The van der Waals surface area contributed by atoms with Crippen LogP contribution in [-0.2, 0) is 10.0 Å². The lowest BCUT2D eigenvalue weighted by molar-refractivity contribution is 0.0940. The van der Waals surface area contributed by atoms with Crippen molar-refractivity contribution in [3.8, 4) is 0 Å². The third-order valence-electron chi connectivity index (χ3n) is 3.43. The van der Waals surface area contributed by atoms with E-state index in [-0.39, 0.29) is 11.9 Å². The highest BCUT2D eigenvalue weighted by Crippen LogP contribution is 2.19. The number of hydrogen-bond donors (Lipinski definition) is 2. The molecule has 0 unspecified atom stereocenters. The normalized spacial score (nSPS) is 12.5. The molecule has 0 radical (unpaired) electrons. The highest BCUT2D eigenvalue weighted by Gasteiger charge is 2.13. The molecule has 0 aliphatic heterocycles. The second kappa shape index (κ2) is 6.83. The summed E-state index contributed by atoms with van der Waals surface area (Å²) in [5, 5.41) is 2.93. The summed E-state index contributed by atoms with van der Waals surface area (Å²) in [5.74, 6) is -0.199. The van der Waals surface area contributed by atoms with Crippen LogP contribution in [0.4, 0.5) is 5.69 Å². The number of nitrogens with one attached hydrogen (secondary N) is 2. The quantitative estimate of drug-likeness (QED) is 0.884. The number of amides is 1. The summed E-state index contributed by atoms with van der Waals surface area (Å²) in [6.07, 6.45) is 1.09. The van der Waals surface area contributed by atoms with Crippen LogP contribution in [0.15, 0.2) is 48.5 Å². The molecular formula is C17H20N2O3S. The predicted octanol–water partition coefficient (Wildman–Crippen LogP) is 2.86. The van der Waals surface area contributed by atoms with E-state index in [1.807, 2.05) is 37.3 Å². The molecule has 6 heteroatoms. The minimum absolute atomic E-state index is 0.113. The van der Waals surface area contributed by atoms with Gasteiger partial charge in [-0.05, 0) is 43.2 Å². The predicted molar refractivity (Wildman–Crippen MR) is 92.0 cm³/mol. The van der Waals surface area contributed by atoms with Crippen molar-refractivity contribution >= 4 is 21.6 Å². The lowest BCUT2D eigenvalue weighted by atomic mass is 10.1. The first-order valence-electron chi connectivity index (χ1n) is 7.20. The van der Waals surface area contributed by atoms with E-state index in [4.69, 9.17) is 0 Å². The Morgan fingerprint density at radius 3 is 2.30 bits per heavy atom. The van der Waals surface area contributed by atoms with Gasteiger partial charge in [-0.3, -0.25) is 9.52 Å². The third-order valence-corrected chi connectivity index (χ3v) is 4.02. The van der Waals surface area contributed by atoms with E-state index in [9.17, 15) is 13.2 Å². The molecule has 122 valence electrons. The summed E-state index contributed by atoms with van der Waals surface area (Å²) in [6, 6.07) is 14.4. The first kappa shape index (κ1) is 17.0. The maximum absolute atomic E-state index is 12.3. The molecule has 0 heterocycles. The Bertz CT molecular complexity index is 802. The zero-order valence-electron chi connectivity index (χ0n) is 13.3. The Balaban J connectivity index is 2.13. The number of carbonyl (C=O) groups is 1. The fourth-order valence-electron chi connectivity index (χ4n) is 2.22. The maximum Gasteiger partial charge on any atom is 0.251 e. The summed E-state index contributed by atoms with van der Waals surface area (Å²) >= 11 is 0.